The number of hydrogen-bond donors (Lipinski definition) is 0. The highest BCUT2D eigenvalue weighted by molar-refractivity contribution is 7.16. The van der Waals surface area contributed by atoms with Crippen molar-refractivity contribution in [1.29, 1.82) is 10.5 Å². The minimum atomic E-state index is -2.86. The first kappa shape index (κ1) is 37.8. The van der Waals surface area contributed by atoms with Gasteiger partial charge in [-0.3, -0.25) is 0 Å². The molecule has 0 atom stereocenters. The van der Waals surface area contributed by atoms with Gasteiger partial charge < -0.3 is 8.98 Å². The van der Waals surface area contributed by atoms with E-state index in [0.717, 1.165) is 58.7 Å². The van der Waals surface area contributed by atoms with Crippen LogP contribution in [-0.2, 0) is 6.42 Å². The first-order valence-corrected chi connectivity index (χ1v) is 24.2. The Morgan fingerprint density at radius 2 is 1.16 bits per heavy atom. The van der Waals surface area contributed by atoms with Crippen LogP contribution in [0.4, 0.5) is 0 Å². The third-order valence-corrected chi connectivity index (χ3v) is 18.7. The highest BCUT2D eigenvalue weighted by Crippen LogP contribution is 2.48. The minimum absolute atomic E-state index is 0.187. The molecule has 302 valence electrons. The Bertz CT molecular complexity index is 3530. The molecule has 4 nitrogen and oxygen atoms in total. The van der Waals surface area contributed by atoms with Crippen LogP contribution in [0.5, 0.6) is 0 Å². The van der Waals surface area contributed by atoms with E-state index in [1.807, 2.05) is 30.3 Å². The van der Waals surface area contributed by atoms with Crippen molar-refractivity contribution in [2.45, 2.75) is 31.6 Å². The molecule has 12 rings (SSSR count). The lowest BCUT2D eigenvalue weighted by Gasteiger charge is -2.37. The van der Waals surface area contributed by atoms with Gasteiger partial charge in [0.15, 0.2) is 8.07 Å². The number of furan rings is 1. The predicted molar refractivity (Wildman–Crippen MR) is 264 cm³/mol. The van der Waals surface area contributed by atoms with E-state index in [9.17, 15) is 10.5 Å². The number of para-hydroxylation sites is 2. The average molecular weight is 836 g/mol. The Morgan fingerprint density at radius 1 is 0.547 bits per heavy atom. The van der Waals surface area contributed by atoms with E-state index in [-0.39, 0.29) is 5.92 Å². The molecular weight excluding hydrogens is 795 g/mol. The van der Waals surface area contributed by atoms with E-state index in [4.69, 9.17) is 4.42 Å². The summed E-state index contributed by atoms with van der Waals surface area (Å²) in [5, 5.41) is 29.7. The van der Waals surface area contributed by atoms with Crippen molar-refractivity contribution in [2.75, 3.05) is 0 Å². The number of rotatable bonds is 8. The van der Waals surface area contributed by atoms with E-state index in [1.54, 1.807) is 0 Å². The maximum atomic E-state index is 9.72. The van der Waals surface area contributed by atoms with Gasteiger partial charge in [0.1, 0.15) is 11.2 Å². The number of nitrogens with zero attached hydrogens (tertiary/aromatic N) is 3. The molecule has 2 aliphatic carbocycles. The van der Waals surface area contributed by atoms with Crippen molar-refractivity contribution in [3.8, 4) is 23.3 Å². The Kier molecular flexibility index (Phi) is 8.93. The Morgan fingerprint density at radius 3 is 1.83 bits per heavy atom. The smallest absolute Gasteiger partial charge is 0.179 e. The number of fused-ring (bicyclic) bond motifs is 9. The van der Waals surface area contributed by atoms with Gasteiger partial charge in [0.05, 0.1) is 34.3 Å². The van der Waals surface area contributed by atoms with Gasteiger partial charge in [0, 0.05) is 39.2 Å². The third kappa shape index (κ3) is 5.86. The van der Waals surface area contributed by atoms with Gasteiger partial charge in [-0.1, -0.05) is 140 Å². The summed E-state index contributed by atoms with van der Waals surface area (Å²) in [7, 11) is -2.86. The van der Waals surface area contributed by atoms with Crippen LogP contribution in [0.1, 0.15) is 53.0 Å². The van der Waals surface area contributed by atoms with Crippen LogP contribution in [0.25, 0.3) is 60.6 Å². The van der Waals surface area contributed by atoms with Gasteiger partial charge in [-0.25, -0.2) is 0 Å². The molecule has 64 heavy (non-hydrogen) atoms. The summed E-state index contributed by atoms with van der Waals surface area (Å²) in [4.78, 5) is 0. The van der Waals surface area contributed by atoms with Crippen molar-refractivity contribution >= 4 is 73.1 Å². The van der Waals surface area contributed by atoms with Gasteiger partial charge in [-0.15, -0.1) is 0 Å². The molecule has 0 radical (unpaired) electrons. The molecule has 0 amide bonds. The zero-order valence-electron chi connectivity index (χ0n) is 35.1. The summed E-state index contributed by atoms with van der Waals surface area (Å²) < 4.78 is 9.00. The lowest BCUT2D eigenvalue weighted by Crippen LogP contribution is -2.68. The predicted octanol–water partition coefficient (Wildman–Crippen LogP) is 12.5. The van der Waals surface area contributed by atoms with Crippen LogP contribution in [0, 0.1) is 22.7 Å². The molecule has 2 heterocycles. The van der Waals surface area contributed by atoms with E-state index >= 15 is 0 Å². The van der Waals surface area contributed by atoms with Crippen LogP contribution < -0.4 is 15.6 Å². The fraction of sp³-hybridized carbons (Fsp3) is 0.0847. The summed E-state index contributed by atoms with van der Waals surface area (Å²) >= 11 is 0. The Balaban J connectivity index is 0.973. The molecule has 0 spiro atoms. The van der Waals surface area contributed by atoms with Gasteiger partial charge in [0.25, 0.3) is 0 Å². The number of benzene rings is 8. The number of aromatic nitrogens is 1. The molecule has 0 bridgehead atoms. The first-order valence-electron chi connectivity index (χ1n) is 22.2. The standard InChI is InChI=1S/C59H41N3OSi/c60-37-40-25-30-48-47(49-31-26-41(38-61)33-53(49)52(48)32-40)29-24-39-22-27-45(28-23-39)64(43-13-3-1-4-14-43,44-15-5-2-6-16-44)46-17-11-12-42(34-46)62-56-20-9-7-18-50(56)54-35-55-51-19-8-10-21-58(51)63-59(55)36-57(54)62/h1-10,13-23,25-28,30-36,47H,11-12,24,29H2. The van der Waals surface area contributed by atoms with Gasteiger partial charge >= 0.3 is 0 Å². The van der Waals surface area contributed by atoms with Gasteiger partial charge in [-0.05, 0) is 123 Å². The lowest BCUT2D eigenvalue weighted by molar-refractivity contribution is 0.669. The van der Waals surface area contributed by atoms with Crippen molar-refractivity contribution in [3.63, 3.8) is 0 Å². The van der Waals surface area contributed by atoms with E-state index in [0.29, 0.717) is 11.1 Å². The minimum Gasteiger partial charge on any atom is -0.456 e. The normalized spacial score (nSPS) is 13.7. The first-order chi connectivity index (χ1) is 31.6. The molecular formula is C59H41N3OSi. The fourth-order valence-electron chi connectivity index (χ4n) is 11.0. The summed E-state index contributed by atoms with van der Waals surface area (Å²) in [6.45, 7) is 0. The number of allylic oxidation sites excluding steroid dienone is 4. The molecule has 2 aliphatic rings. The average Bonchev–Trinajstić information content (AvgIpc) is 4.00. The molecule has 5 heteroatoms. The third-order valence-electron chi connectivity index (χ3n) is 13.9. The zero-order chi connectivity index (χ0) is 42.8. The lowest BCUT2D eigenvalue weighted by atomic mass is 9.90. The second kappa shape index (κ2) is 15.1. The Labute approximate surface area is 372 Å². The Hall–Kier alpha value is -7.96. The van der Waals surface area contributed by atoms with Crippen molar-refractivity contribution in [1.82, 2.24) is 4.57 Å². The molecule has 0 unspecified atom stereocenters. The summed E-state index contributed by atoms with van der Waals surface area (Å²) in [5.41, 5.74) is 12.7. The highest BCUT2D eigenvalue weighted by atomic mass is 28.3. The van der Waals surface area contributed by atoms with Crippen molar-refractivity contribution in [3.05, 3.63) is 227 Å². The SMILES string of the molecule is N#Cc1ccc2c(c1)-c1cc(C#N)ccc1C2CCc1ccc([Si](C2=CCCC(n3c4ccccc4c4cc5c(cc43)oc3ccccc35)=C2)(c2ccccc2)c2ccccc2)cc1. The molecule has 0 aliphatic heterocycles. The van der Waals surface area contributed by atoms with Gasteiger partial charge in [-0.2, -0.15) is 10.5 Å². The van der Waals surface area contributed by atoms with Crippen LogP contribution in [-0.4, -0.2) is 12.6 Å². The maximum absolute atomic E-state index is 9.72. The largest absolute Gasteiger partial charge is 0.456 e. The second-order valence-electron chi connectivity index (χ2n) is 17.2. The maximum Gasteiger partial charge on any atom is 0.179 e. The van der Waals surface area contributed by atoms with Crippen LogP contribution in [0.3, 0.4) is 0 Å². The summed E-state index contributed by atoms with van der Waals surface area (Å²) in [6, 6.07) is 70.5. The number of nitriles is 2. The molecule has 0 N–H and O–H groups in total. The van der Waals surface area contributed by atoms with E-state index in [2.05, 4.69) is 181 Å². The zero-order valence-corrected chi connectivity index (χ0v) is 36.1. The fourth-order valence-corrected chi connectivity index (χ4v) is 15.9. The van der Waals surface area contributed by atoms with E-state index < -0.39 is 8.07 Å². The van der Waals surface area contributed by atoms with Crippen molar-refractivity contribution in [2.24, 2.45) is 0 Å². The van der Waals surface area contributed by atoms with Crippen LogP contribution in [0.2, 0.25) is 0 Å². The van der Waals surface area contributed by atoms with Gasteiger partial charge in [0.2, 0.25) is 0 Å². The second-order valence-corrected chi connectivity index (χ2v) is 21.1. The molecule has 10 aromatic rings. The topological polar surface area (TPSA) is 65.7 Å². The summed E-state index contributed by atoms with van der Waals surface area (Å²) in [6.07, 6.45) is 8.74. The monoisotopic (exact) mass is 835 g/mol. The number of hydrogen-bond acceptors (Lipinski definition) is 3. The highest BCUT2D eigenvalue weighted by Gasteiger charge is 2.43. The number of aryl methyl sites for hydroxylation is 1. The molecule has 8 aromatic carbocycles. The molecule has 0 fully saturated rings. The quantitative estimate of drug-likeness (QED) is 0.113. The molecule has 0 saturated heterocycles. The summed E-state index contributed by atoms with van der Waals surface area (Å²) in [5.74, 6) is 0.187. The van der Waals surface area contributed by atoms with Crippen LogP contribution >= 0.6 is 0 Å². The molecule has 0 saturated carbocycles. The van der Waals surface area contributed by atoms with Crippen LogP contribution in [0.15, 0.2) is 204 Å². The molecule has 2 aromatic heterocycles. The van der Waals surface area contributed by atoms with E-state index in [1.165, 1.54) is 64.9 Å². The van der Waals surface area contributed by atoms with Crippen molar-refractivity contribution < 1.29 is 4.42 Å².